The van der Waals surface area contributed by atoms with Crippen LogP contribution in [0.25, 0.3) is 0 Å². The van der Waals surface area contributed by atoms with Crippen LogP contribution in [0, 0.1) is 52.3 Å². The van der Waals surface area contributed by atoms with Gasteiger partial charge < -0.3 is 14.2 Å². The molecule has 0 radical (unpaired) electrons. The van der Waals surface area contributed by atoms with Gasteiger partial charge in [-0.3, -0.25) is 0 Å². The Labute approximate surface area is 196 Å². The van der Waals surface area contributed by atoms with Gasteiger partial charge >= 0.3 is 0 Å². The fourth-order valence-corrected chi connectivity index (χ4v) is 10.6. The fraction of sp³-hybridized carbons (Fsp3) is 1.00. The summed E-state index contributed by atoms with van der Waals surface area (Å²) in [6.07, 6.45) is 14.4. The van der Waals surface area contributed by atoms with Crippen molar-refractivity contribution >= 4 is 0 Å². The van der Waals surface area contributed by atoms with Gasteiger partial charge in [0, 0.05) is 18.9 Å². The summed E-state index contributed by atoms with van der Waals surface area (Å²) in [4.78, 5) is 0. The Balaban J connectivity index is 1.22. The number of hydrogen-bond acceptors (Lipinski definition) is 3. The molecule has 0 aromatic rings. The lowest BCUT2D eigenvalue weighted by molar-refractivity contribution is -0.273. The largest absolute Gasteiger partial charge is 0.378 e. The third kappa shape index (κ3) is 3.02. The lowest BCUT2D eigenvalue weighted by atomic mass is 9.44. The predicted octanol–water partition coefficient (Wildman–Crippen LogP) is 6.84. The van der Waals surface area contributed by atoms with E-state index in [-0.39, 0.29) is 5.79 Å². The van der Waals surface area contributed by atoms with Crippen molar-refractivity contribution in [2.45, 2.75) is 117 Å². The molecule has 1 spiro atoms. The molecule has 6 rings (SSSR count). The van der Waals surface area contributed by atoms with Gasteiger partial charge in [-0.25, -0.2) is 0 Å². The van der Waals surface area contributed by atoms with Crippen molar-refractivity contribution in [3.63, 3.8) is 0 Å². The van der Waals surface area contributed by atoms with Gasteiger partial charge in [0.1, 0.15) is 0 Å². The zero-order valence-electron chi connectivity index (χ0n) is 21.4. The number of rotatable bonds is 2. The molecule has 2 heterocycles. The number of fused-ring (bicyclic) bond motifs is 7. The van der Waals surface area contributed by atoms with Crippen LogP contribution in [0.1, 0.15) is 98.8 Å². The molecule has 2 aliphatic heterocycles. The van der Waals surface area contributed by atoms with Gasteiger partial charge in [-0.05, 0) is 111 Å². The third-order valence-corrected chi connectivity index (χ3v) is 12.3. The van der Waals surface area contributed by atoms with E-state index in [4.69, 9.17) is 14.2 Å². The first-order chi connectivity index (χ1) is 15.3. The first-order valence-electron chi connectivity index (χ1n) is 14.2. The van der Waals surface area contributed by atoms with Gasteiger partial charge in [0.25, 0.3) is 0 Å². The standard InChI is InChI=1S/C29H48O3/c1-6-30-21-10-12-27(4)20(15-21)7-8-22-23(27)11-13-28(5)24(22)16-25-26(28)19(3)29(32-25)14-9-18(2)17-31-29/h18-26H,6-17H2,1-5H3/t18-,19+,20-,21-,22-,23+,24+,25+,26+,27+,28+,29-/m1/s1. The van der Waals surface area contributed by atoms with Gasteiger partial charge in [0.05, 0.1) is 18.8 Å². The molecule has 12 atom stereocenters. The minimum absolute atomic E-state index is 0.270. The molecule has 3 heteroatoms. The van der Waals surface area contributed by atoms with Crippen molar-refractivity contribution in [2.75, 3.05) is 13.2 Å². The Morgan fingerprint density at radius 1 is 0.875 bits per heavy atom. The van der Waals surface area contributed by atoms with E-state index in [1.165, 1.54) is 57.8 Å². The van der Waals surface area contributed by atoms with E-state index in [9.17, 15) is 0 Å². The first-order valence-corrected chi connectivity index (χ1v) is 14.2. The lowest BCUT2D eigenvalue weighted by Gasteiger charge is -2.61. The second kappa shape index (κ2) is 7.69. The minimum Gasteiger partial charge on any atom is -0.378 e. The molecule has 0 amide bonds. The highest BCUT2D eigenvalue weighted by Crippen LogP contribution is 2.71. The molecule has 0 N–H and O–H groups in total. The van der Waals surface area contributed by atoms with E-state index >= 15 is 0 Å². The zero-order chi connectivity index (χ0) is 22.3. The van der Waals surface area contributed by atoms with E-state index in [0.29, 0.717) is 40.8 Å². The summed E-state index contributed by atoms with van der Waals surface area (Å²) in [6.45, 7) is 14.1. The lowest BCUT2D eigenvalue weighted by Crippen LogP contribution is -2.55. The summed E-state index contributed by atoms with van der Waals surface area (Å²) in [6, 6.07) is 0. The van der Waals surface area contributed by atoms with Gasteiger partial charge in [-0.2, -0.15) is 0 Å². The third-order valence-electron chi connectivity index (χ3n) is 12.3. The van der Waals surface area contributed by atoms with E-state index in [2.05, 4.69) is 34.6 Å². The summed E-state index contributed by atoms with van der Waals surface area (Å²) in [7, 11) is 0. The molecule has 0 aromatic carbocycles. The monoisotopic (exact) mass is 444 g/mol. The molecule has 0 unspecified atom stereocenters. The van der Waals surface area contributed by atoms with Crippen molar-refractivity contribution in [3.8, 4) is 0 Å². The van der Waals surface area contributed by atoms with E-state index < -0.39 is 0 Å². The quantitative estimate of drug-likeness (QED) is 0.467. The molecule has 3 nitrogen and oxygen atoms in total. The predicted molar refractivity (Wildman–Crippen MR) is 127 cm³/mol. The Kier molecular flexibility index (Phi) is 5.37. The van der Waals surface area contributed by atoms with Crippen molar-refractivity contribution in [2.24, 2.45) is 52.3 Å². The molecule has 32 heavy (non-hydrogen) atoms. The summed E-state index contributed by atoms with van der Waals surface area (Å²) in [5, 5.41) is 0. The molecule has 0 bridgehead atoms. The average molecular weight is 445 g/mol. The van der Waals surface area contributed by atoms with Crippen molar-refractivity contribution in [1.29, 1.82) is 0 Å². The molecular formula is C29H48O3. The van der Waals surface area contributed by atoms with E-state index in [1.807, 2.05) is 0 Å². The summed E-state index contributed by atoms with van der Waals surface area (Å²) in [5.74, 6) is 5.25. The molecule has 0 aromatic heterocycles. The Morgan fingerprint density at radius 3 is 2.44 bits per heavy atom. The van der Waals surface area contributed by atoms with Gasteiger partial charge in [0.15, 0.2) is 5.79 Å². The Hall–Kier alpha value is -0.120. The Morgan fingerprint density at radius 2 is 1.69 bits per heavy atom. The van der Waals surface area contributed by atoms with E-state index in [1.54, 1.807) is 0 Å². The van der Waals surface area contributed by atoms with Gasteiger partial charge in [-0.1, -0.05) is 27.7 Å². The second-order valence-electron chi connectivity index (χ2n) is 13.5. The number of ether oxygens (including phenoxy) is 3. The van der Waals surface area contributed by atoms with Crippen LogP contribution in [0.5, 0.6) is 0 Å². The van der Waals surface area contributed by atoms with Crippen LogP contribution in [-0.2, 0) is 14.2 Å². The summed E-state index contributed by atoms with van der Waals surface area (Å²) < 4.78 is 19.5. The average Bonchev–Trinajstić information content (AvgIpc) is 3.21. The van der Waals surface area contributed by atoms with Crippen molar-refractivity contribution in [1.82, 2.24) is 0 Å². The van der Waals surface area contributed by atoms with Crippen LogP contribution in [0.15, 0.2) is 0 Å². The van der Waals surface area contributed by atoms with Crippen LogP contribution >= 0.6 is 0 Å². The summed E-state index contributed by atoms with van der Waals surface area (Å²) in [5.41, 5.74) is 0.999. The maximum absolute atomic E-state index is 6.95. The normalized spacial score (nSPS) is 59.3. The highest BCUT2D eigenvalue weighted by atomic mass is 16.7. The van der Waals surface area contributed by atoms with Crippen LogP contribution in [0.4, 0.5) is 0 Å². The molecule has 6 fully saturated rings. The van der Waals surface area contributed by atoms with Crippen LogP contribution in [0.2, 0.25) is 0 Å². The molecule has 4 aliphatic carbocycles. The first kappa shape index (κ1) is 22.4. The van der Waals surface area contributed by atoms with Crippen LogP contribution in [0.3, 0.4) is 0 Å². The molecule has 6 aliphatic rings. The second-order valence-corrected chi connectivity index (χ2v) is 13.5. The topological polar surface area (TPSA) is 27.7 Å². The van der Waals surface area contributed by atoms with Crippen LogP contribution in [-0.4, -0.2) is 31.2 Å². The molecule has 2 saturated heterocycles. The highest BCUT2D eigenvalue weighted by Gasteiger charge is 2.69. The zero-order valence-corrected chi connectivity index (χ0v) is 21.4. The maximum atomic E-state index is 6.95. The van der Waals surface area contributed by atoms with Crippen LogP contribution < -0.4 is 0 Å². The SMILES string of the molecule is CCO[C@@H]1CC[C@@]2(C)[C@H](CC[C@@H]3[C@@H]2CC[C@]2(C)[C@@H]4[C@H](C[C@@H]32)O[C@]2(CC[C@@H](C)CO2)[C@H]4C)C1. The number of hydrogen-bond donors (Lipinski definition) is 0. The minimum atomic E-state index is -0.270. The molecule has 182 valence electrons. The fourth-order valence-electron chi connectivity index (χ4n) is 10.6. The smallest absolute Gasteiger partial charge is 0.171 e. The Bertz CT molecular complexity index is 713. The van der Waals surface area contributed by atoms with Crippen molar-refractivity contribution in [3.05, 3.63) is 0 Å². The van der Waals surface area contributed by atoms with Gasteiger partial charge in [-0.15, -0.1) is 0 Å². The highest BCUT2D eigenvalue weighted by molar-refractivity contribution is 5.15. The van der Waals surface area contributed by atoms with Gasteiger partial charge in [0.2, 0.25) is 0 Å². The van der Waals surface area contributed by atoms with Crippen molar-refractivity contribution < 1.29 is 14.2 Å². The summed E-state index contributed by atoms with van der Waals surface area (Å²) >= 11 is 0. The molecule has 4 saturated carbocycles. The van der Waals surface area contributed by atoms with E-state index in [0.717, 1.165) is 43.3 Å². The maximum Gasteiger partial charge on any atom is 0.171 e. The molecular weight excluding hydrogens is 396 g/mol.